The summed E-state index contributed by atoms with van der Waals surface area (Å²) in [6.07, 6.45) is 3.98. The SMILES string of the molecule is CN1CCC(CN)(c2csc(-c3ccccc3)n2)CC1.[AlH3].[C-]#[N+]C1(c2csc(-c3ccccc3)n2)CCN(C)CC1.[H-].[Li+]. The number of likely N-dealkylation sites (tertiary alicyclic amines) is 2. The van der Waals surface area contributed by atoms with Gasteiger partial charge in [-0.1, -0.05) is 60.7 Å². The molecule has 4 heterocycles. The van der Waals surface area contributed by atoms with Crippen LogP contribution in [0.5, 0.6) is 0 Å². The summed E-state index contributed by atoms with van der Waals surface area (Å²) in [4.78, 5) is 18.3. The van der Waals surface area contributed by atoms with Gasteiger partial charge in [0, 0.05) is 59.8 Å². The Hall–Kier alpha value is -1.80. The molecule has 2 N–H and O–H groups in total. The first-order valence-corrected chi connectivity index (χ1v) is 15.7. The van der Waals surface area contributed by atoms with Crippen molar-refractivity contribution in [3.63, 3.8) is 0 Å². The van der Waals surface area contributed by atoms with Crippen molar-refractivity contribution in [3.05, 3.63) is 94.2 Å². The van der Waals surface area contributed by atoms with Gasteiger partial charge in [0.15, 0.2) is 17.4 Å². The molecule has 0 radical (unpaired) electrons. The molecule has 0 unspecified atom stereocenters. The Morgan fingerprint density at radius 1 is 0.786 bits per heavy atom. The van der Waals surface area contributed by atoms with Gasteiger partial charge in [0.25, 0.3) is 5.54 Å². The molecule has 2 aliphatic rings. The van der Waals surface area contributed by atoms with Crippen molar-refractivity contribution in [2.45, 2.75) is 36.6 Å². The molecule has 4 aromatic rings. The van der Waals surface area contributed by atoms with Crippen LogP contribution in [-0.4, -0.2) is 83.9 Å². The van der Waals surface area contributed by atoms with Crippen LogP contribution in [0.2, 0.25) is 0 Å². The zero-order valence-corrected chi connectivity index (χ0v) is 26.1. The van der Waals surface area contributed by atoms with Gasteiger partial charge in [-0.3, -0.25) is 0 Å². The Morgan fingerprint density at radius 3 is 1.67 bits per heavy atom. The normalized spacial score (nSPS) is 18.0. The molecular formula is C32H42AlLiN6S2. The number of piperidine rings is 2. The molecule has 0 amide bonds. The van der Waals surface area contributed by atoms with Crippen LogP contribution in [0.25, 0.3) is 26.0 Å². The number of hydrogen-bond donors (Lipinski definition) is 1. The molecule has 10 heteroatoms. The van der Waals surface area contributed by atoms with E-state index in [9.17, 15) is 0 Å². The second-order valence-electron chi connectivity index (χ2n) is 11.0. The molecular weight excluding hydrogens is 566 g/mol. The van der Waals surface area contributed by atoms with Gasteiger partial charge in [0.1, 0.15) is 15.7 Å². The second kappa shape index (κ2) is 15.8. The zero-order chi connectivity index (χ0) is 28.0. The van der Waals surface area contributed by atoms with Crippen molar-refractivity contribution in [2.24, 2.45) is 5.73 Å². The first-order chi connectivity index (χ1) is 19.5. The molecule has 2 fully saturated rings. The summed E-state index contributed by atoms with van der Waals surface area (Å²) in [5.74, 6) is 0. The topological polar surface area (TPSA) is 62.6 Å². The van der Waals surface area contributed by atoms with E-state index in [-0.39, 0.29) is 43.1 Å². The van der Waals surface area contributed by atoms with Crippen LogP contribution in [0.1, 0.15) is 38.5 Å². The summed E-state index contributed by atoms with van der Waals surface area (Å²) in [6.45, 7) is 12.5. The van der Waals surface area contributed by atoms with E-state index in [1.807, 2.05) is 24.3 Å². The van der Waals surface area contributed by atoms with Crippen LogP contribution in [0.4, 0.5) is 0 Å². The van der Waals surface area contributed by atoms with E-state index < -0.39 is 5.54 Å². The standard InChI is InChI=1S/C16H17N3S.C16H21N3S.Al.Li.4H/c1-17-16(8-10-19(2)11-9-16)14-12-20-15(18-14)13-6-4-3-5-7-13;1-19-9-7-16(12-17,8-10-19)14-11-20-15(18-14)13-5-3-2-4-6-13;;;;;;/h3-7,12H,8-11H2,2H3;2-6,11H,7-10,12,17H2,1H3;;;;;;/q;;;+1;;;;-1. The second-order valence-corrected chi connectivity index (χ2v) is 12.8. The zero-order valence-electron chi connectivity index (χ0n) is 25.4. The van der Waals surface area contributed by atoms with Crippen LogP contribution in [0.3, 0.4) is 0 Å². The number of rotatable bonds is 5. The minimum absolute atomic E-state index is 0. The van der Waals surface area contributed by atoms with E-state index in [1.54, 1.807) is 22.7 Å². The van der Waals surface area contributed by atoms with E-state index in [4.69, 9.17) is 22.3 Å². The quantitative estimate of drug-likeness (QED) is 0.279. The van der Waals surface area contributed by atoms with Crippen molar-refractivity contribution >= 4 is 40.0 Å². The average Bonchev–Trinajstić information content (AvgIpc) is 3.72. The molecule has 0 bridgehead atoms. The molecule has 0 aliphatic carbocycles. The Bertz CT molecular complexity index is 1410. The van der Waals surface area contributed by atoms with Crippen molar-refractivity contribution < 1.29 is 20.3 Å². The minimum atomic E-state index is -0.407. The summed E-state index contributed by atoms with van der Waals surface area (Å²) >= 11 is 3.37. The third-order valence-corrected chi connectivity index (χ3v) is 10.2. The van der Waals surface area contributed by atoms with Gasteiger partial charge in [0.05, 0.1) is 5.69 Å². The summed E-state index contributed by atoms with van der Waals surface area (Å²) in [7, 11) is 4.29. The number of nitrogens with zero attached hydrogens (tertiary/aromatic N) is 5. The maximum atomic E-state index is 7.63. The van der Waals surface area contributed by atoms with Crippen LogP contribution in [0.15, 0.2) is 71.4 Å². The Balaban J connectivity index is 0.000000281. The first kappa shape index (κ1) is 34.7. The van der Waals surface area contributed by atoms with E-state index in [0.29, 0.717) is 6.54 Å². The molecule has 0 spiro atoms. The average molecular weight is 609 g/mol. The fraction of sp³-hybridized carbons (Fsp3) is 0.406. The predicted octanol–water partition coefficient (Wildman–Crippen LogP) is 2.32. The number of thiazole rings is 2. The van der Waals surface area contributed by atoms with Gasteiger partial charge in [-0.05, 0) is 40.0 Å². The smallest absolute Gasteiger partial charge is 1.00 e. The number of nitrogens with two attached hydrogens (primary N) is 1. The van der Waals surface area contributed by atoms with E-state index in [0.717, 1.165) is 73.1 Å². The molecule has 0 saturated carbocycles. The van der Waals surface area contributed by atoms with Gasteiger partial charge >= 0.3 is 18.9 Å². The first-order valence-electron chi connectivity index (χ1n) is 14.0. The predicted molar refractivity (Wildman–Crippen MR) is 179 cm³/mol. The van der Waals surface area contributed by atoms with E-state index in [2.05, 4.69) is 75.9 Å². The van der Waals surface area contributed by atoms with Gasteiger partial charge in [0.2, 0.25) is 0 Å². The summed E-state index contributed by atoms with van der Waals surface area (Å²) in [5.41, 5.74) is 10.3. The number of hydrogen-bond acceptors (Lipinski definition) is 7. The van der Waals surface area contributed by atoms with E-state index in [1.165, 1.54) is 11.3 Å². The van der Waals surface area contributed by atoms with E-state index >= 15 is 0 Å². The van der Waals surface area contributed by atoms with Gasteiger partial charge in [-0.15, -0.1) is 22.7 Å². The van der Waals surface area contributed by atoms with Crippen molar-refractivity contribution in [1.29, 1.82) is 0 Å². The summed E-state index contributed by atoms with van der Waals surface area (Å²) in [5, 5.41) is 6.40. The molecule has 0 atom stereocenters. The molecule has 2 aliphatic heterocycles. The number of benzene rings is 2. The molecule has 6 nitrogen and oxygen atoms in total. The van der Waals surface area contributed by atoms with Gasteiger partial charge in [-0.25, -0.2) is 16.5 Å². The molecule has 2 saturated heterocycles. The van der Waals surface area contributed by atoms with Crippen molar-refractivity contribution in [1.82, 2.24) is 19.8 Å². The summed E-state index contributed by atoms with van der Waals surface area (Å²) < 4.78 is 0. The third-order valence-electron chi connectivity index (χ3n) is 8.43. The van der Waals surface area contributed by atoms with Crippen LogP contribution < -0.4 is 24.6 Å². The Labute approximate surface area is 283 Å². The summed E-state index contributed by atoms with van der Waals surface area (Å²) in [6, 6.07) is 20.6. The van der Waals surface area contributed by atoms with Gasteiger partial charge in [-0.2, -0.15) is 0 Å². The Morgan fingerprint density at radius 2 is 1.21 bits per heavy atom. The molecule has 216 valence electrons. The molecule has 2 aromatic carbocycles. The molecule has 42 heavy (non-hydrogen) atoms. The largest absolute Gasteiger partial charge is 1.00 e. The molecule has 6 rings (SSSR count). The Kier molecular flexibility index (Phi) is 13.0. The number of aromatic nitrogens is 2. The van der Waals surface area contributed by atoms with Crippen LogP contribution in [-0.2, 0) is 11.0 Å². The van der Waals surface area contributed by atoms with Crippen molar-refractivity contribution in [2.75, 3.05) is 46.8 Å². The molecule has 2 aromatic heterocycles. The van der Waals surface area contributed by atoms with Crippen molar-refractivity contribution in [3.8, 4) is 21.1 Å². The fourth-order valence-corrected chi connectivity index (χ4v) is 7.32. The van der Waals surface area contributed by atoms with Gasteiger partial charge < -0.3 is 21.8 Å². The van der Waals surface area contributed by atoms with Crippen LogP contribution in [0, 0.1) is 6.57 Å². The maximum absolute atomic E-state index is 7.63. The fourth-order valence-electron chi connectivity index (χ4n) is 5.46. The maximum Gasteiger partial charge on any atom is 1.00 e. The monoisotopic (exact) mass is 608 g/mol. The minimum Gasteiger partial charge on any atom is -1.00 e. The van der Waals surface area contributed by atoms with Crippen LogP contribution >= 0.6 is 22.7 Å². The third kappa shape index (κ3) is 7.82.